The monoisotopic (exact) mass is 288 g/mol. The standard InChI is InChI=1S/C9H9F9/c1-5(8(13,14)15)4-6(9(16,17)18)2-3-7(10,11)12/h6H,1-4H2. The summed E-state index contributed by atoms with van der Waals surface area (Å²) in [5.74, 6) is -2.70. The van der Waals surface area contributed by atoms with Gasteiger partial charge in [0, 0.05) is 12.0 Å². The third-order valence-corrected chi connectivity index (χ3v) is 2.13. The lowest BCUT2D eigenvalue weighted by Gasteiger charge is -2.22. The van der Waals surface area contributed by atoms with Crippen molar-refractivity contribution in [1.29, 1.82) is 0 Å². The van der Waals surface area contributed by atoms with Gasteiger partial charge in [-0.25, -0.2) is 0 Å². The first kappa shape index (κ1) is 17.1. The van der Waals surface area contributed by atoms with E-state index in [1.54, 1.807) is 0 Å². The van der Waals surface area contributed by atoms with E-state index in [9.17, 15) is 39.5 Å². The molecule has 1 atom stereocenters. The van der Waals surface area contributed by atoms with Gasteiger partial charge in [-0.3, -0.25) is 0 Å². The zero-order valence-electron chi connectivity index (χ0n) is 8.81. The van der Waals surface area contributed by atoms with E-state index < -0.39 is 49.3 Å². The summed E-state index contributed by atoms with van der Waals surface area (Å²) >= 11 is 0. The van der Waals surface area contributed by atoms with Gasteiger partial charge >= 0.3 is 18.5 Å². The summed E-state index contributed by atoms with van der Waals surface area (Å²) in [5.41, 5.74) is -1.69. The van der Waals surface area contributed by atoms with Crippen LogP contribution in [0.5, 0.6) is 0 Å². The highest BCUT2D eigenvalue weighted by Gasteiger charge is 2.45. The SMILES string of the molecule is C=C(CC(CCC(F)(F)F)C(F)(F)F)C(F)(F)F. The minimum Gasteiger partial charge on any atom is -0.171 e. The second-order valence-corrected chi connectivity index (χ2v) is 3.70. The maximum Gasteiger partial charge on any atom is 0.412 e. The fourth-order valence-corrected chi connectivity index (χ4v) is 1.13. The van der Waals surface area contributed by atoms with Gasteiger partial charge in [-0.15, -0.1) is 0 Å². The van der Waals surface area contributed by atoms with E-state index >= 15 is 0 Å². The van der Waals surface area contributed by atoms with Crippen LogP contribution < -0.4 is 0 Å². The molecule has 108 valence electrons. The second kappa shape index (κ2) is 5.40. The van der Waals surface area contributed by atoms with Gasteiger partial charge in [0.25, 0.3) is 0 Å². The molecule has 0 spiro atoms. The van der Waals surface area contributed by atoms with Crippen LogP contribution in [0.1, 0.15) is 19.3 Å². The molecule has 0 saturated heterocycles. The number of allylic oxidation sites excluding steroid dienone is 1. The van der Waals surface area contributed by atoms with Crippen LogP contribution in [0.25, 0.3) is 0 Å². The van der Waals surface area contributed by atoms with Crippen LogP contribution in [-0.2, 0) is 0 Å². The lowest BCUT2D eigenvalue weighted by Crippen LogP contribution is -2.27. The molecule has 0 amide bonds. The Kier molecular flexibility index (Phi) is 5.13. The average molecular weight is 288 g/mol. The van der Waals surface area contributed by atoms with E-state index in [1.165, 1.54) is 0 Å². The van der Waals surface area contributed by atoms with E-state index in [-0.39, 0.29) is 0 Å². The van der Waals surface area contributed by atoms with Crippen molar-refractivity contribution in [3.8, 4) is 0 Å². The fraction of sp³-hybridized carbons (Fsp3) is 0.778. The summed E-state index contributed by atoms with van der Waals surface area (Å²) < 4.78 is 108. The Hall–Kier alpha value is -0.890. The average Bonchev–Trinajstić information content (AvgIpc) is 2.06. The maximum atomic E-state index is 12.3. The van der Waals surface area contributed by atoms with Crippen molar-refractivity contribution in [1.82, 2.24) is 0 Å². The predicted octanol–water partition coefficient (Wildman–Crippen LogP) is 5.02. The van der Waals surface area contributed by atoms with Crippen LogP contribution in [0, 0.1) is 5.92 Å². The van der Waals surface area contributed by atoms with Crippen molar-refractivity contribution in [2.24, 2.45) is 5.92 Å². The van der Waals surface area contributed by atoms with Crippen LogP contribution in [0.3, 0.4) is 0 Å². The highest BCUT2D eigenvalue weighted by atomic mass is 19.4. The molecule has 0 saturated carbocycles. The first-order valence-corrected chi connectivity index (χ1v) is 4.62. The van der Waals surface area contributed by atoms with Crippen molar-refractivity contribution in [3.63, 3.8) is 0 Å². The van der Waals surface area contributed by atoms with Gasteiger partial charge in [0.15, 0.2) is 0 Å². The van der Waals surface area contributed by atoms with E-state index in [2.05, 4.69) is 6.58 Å². The van der Waals surface area contributed by atoms with Crippen LogP contribution >= 0.6 is 0 Å². The van der Waals surface area contributed by atoms with Crippen LogP contribution in [-0.4, -0.2) is 18.5 Å². The molecule has 0 heterocycles. The molecule has 0 radical (unpaired) electrons. The second-order valence-electron chi connectivity index (χ2n) is 3.70. The minimum atomic E-state index is -5.13. The normalized spacial score (nSPS) is 15.6. The molecule has 0 aliphatic heterocycles. The lowest BCUT2D eigenvalue weighted by molar-refractivity contribution is -0.192. The van der Waals surface area contributed by atoms with Gasteiger partial charge in [-0.1, -0.05) is 6.58 Å². The molecule has 0 aliphatic rings. The number of rotatable bonds is 4. The number of hydrogen-bond donors (Lipinski definition) is 0. The number of alkyl halides is 9. The highest BCUT2D eigenvalue weighted by Crippen LogP contribution is 2.40. The summed E-state index contributed by atoms with van der Waals surface area (Å²) in [6, 6.07) is 0. The third-order valence-electron chi connectivity index (χ3n) is 2.13. The molecule has 18 heavy (non-hydrogen) atoms. The van der Waals surface area contributed by atoms with Crippen LogP contribution in [0.15, 0.2) is 12.2 Å². The molecule has 0 N–H and O–H groups in total. The summed E-state index contributed by atoms with van der Waals surface area (Å²) in [7, 11) is 0. The van der Waals surface area contributed by atoms with Gasteiger partial charge in [0.1, 0.15) is 0 Å². The number of hydrogen-bond acceptors (Lipinski definition) is 0. The Bertz CT molecular complexity index is 280. The molecule has 0 aromatic carbocycles. The molecule has 1 unspecified atom stereocenters. The van der Waals surface area contributed by atoms with Gasteiger partial charge in [0.2, 0.25) is 0 Å². The molecule has 9 heteroatoms. The Morgan fingerprint density at radius 1 is 0.889 bits per heavy atom. The largest absolute Gasteiger partial charge is 0.412 e. The fourth-order valence-electron chi connectivity index (χ4n) is 1.13. The molecule has 0 bridgehead atoms. The van der Waals surface area contributed by atoms with Gasteiger partial charge < -0.3 is 0 Å². The van der Waals surface area contributed by atoms with E-state index in [0.717, 1.165) is 0 Å². The first-order valence-electron chi connectivity index (χ1n) is 4.62. The lowest BCUT2D eigenvalue weighted by atomic mass is 9.94. The predicted molar refractivity (Wildman–Crippen MR) is 44.6 cm³/mol. The summed E-state index contributed by atoms with van der Waals surface area (Å²) in [4.78, 5) is 0. The molecule has 0 nitrogen and oxygen atoms in total. The van der Waals surface area contributed by atoms with Gasteiger partial charge in [0.05, 0.1) is 5.92 Å². The van der Waals surface area contributed by atoms with Crippen molar-refractivity contribution in [2.45, 2.75) is 37.8 Å². The quantitative estimate of drug-likeness (QED) is 0.503. The number of halogens is 9. The molecule has 0 aliphatic carbocycles. The molecular weight excluding hydrogens is 279 g/mol. The molecule has 0 rings (SSSR count). The summed E-state index contributed by atoms with van der Waals surface area (Å²) in [5, 5.41) is 0. The van der Waals surface area contributed by atoms with Crippen LogP contribution in [0.4, 0.5) is 39.5 Å². The Labute approximate surface area is 96.5 Å². The zero-order chi connectivity index (χ0) is 14.8. The van der Waals surface area contributed by atoms with E-state index in [4.69, 9.17) is 0 Å². The van der Waals surface area contributed by atoms with Gasteiger partial charge in [-0.05, 0) is 12.8 Å². The van der Waals surface area contributed by atoms with Crippen LogP contribution in [0.2, 0.25) is 0 Å². The minimum absolute atomic E-state index is 1.44. The van der Waals surface area contributed by atoms with Crippen molar-refractivity contribution < 1.29 is 39.5 Å². The topological polar surface area (TPSA) is 0 Å². The van der Waals surface area contributed by atoms with Gasteiger partial charge in [-0.2, -0.15) is 39.5 Å². The maximum absolute atomic E-state index is 12.3. The summed E-state index contributed by atoms with van der Waals surface area (Å²) in [6.45, 7) is 2.42. The van der Waals surface area contributed by atoms with Crippen molar-refractivity contribution >= 4 is 0 Å². The van der Waals surface area contributed by atoms with E-state index in [0.29, 0.717) is 0 Å². The molecule has 0 aromatic rings. The zero-order valence-corrected chi connectivity index (χ0v) is 8.81. The third kappa shape index (κ3) is 6.75. The molecule has 0 aromatic heterocycles. The Morgan fingerprint density at radius 2 is 1.33 bits per heavy atom. The van der Waals surface area contributed by atoms with E-state index in [1.807, 2.05) is 0 Å². The smallest absolute Gasteiger partial charge is 0.171 e. The van der Waals surface area contributed by atoms with Crippen molar-refractivity contribution in [3.05, 3.63) is 12.2 Å². The van der Waals surface area contributed by atoms with Crippen molar-refractivity contribution in [2.75, 3.05) is 0 Å². The Morgan fingerprint density at radius 3 is 1.61 bits per heavy atom. The molecule has 0 fully saturated rings. The molecular formula is C9H9F9. The summed E-state index contributed by atoms with van der Waals surface area (Å²) in [6.07, 6.45) is -19.8. The first-order chi connectivity index (χ1) is 7.73. The highest BCUT2D eigenvalue weighted by molar-refractivity contribution is 5.04. The Balaban J connectivity index is 4.68.